The number of fused-ring (bicyclic) bond motifs is 1. The second-order valence-electron chi connectivity index (χ2n) is 5.60. The second-order valence-corrected chi connectivity index (χ2v) is 6.51. The van der Waals surface area contributed by atoms with Gasteiger partial charge < -0.3 is 5.32 Å². The lowest BCUT2D eigenvalue weighted by molar-refractivity contribution is 0.594. The van der Waals surface area contributed by atoms with Crippen molar-refractivity contribution in [2.45, 2.75) is 26.3 Å². The smallest absolute Gasteiger partial charge is 0.0373 e. The van der Waals surface area contributed by atoms with Crippen molar-refractivity contribution in [2.24, 2.45) is 0 Å². The van der Waals surface area contributed by atoms with E-state index in [9.17, 15) is 0 Å². The number of benzene rings is 2. The van der Waals surface area contributed by atoms with Crippen molar-refractivity contribution in [3.05, 3.63) is 70.1 Å². The van der Waals surface area contributed by atoms with Crippen LogP contribution in [-0.4, -0.2) is 7.05 Å². The third-order valence-corrected chi connectivity index (χ3v) is 5.27. The first kappa shape index (κ1) is 14.3. The molecule has 21 heavy (non-hydrogen) atoms. The lowest BCUT2D eigenvalue weighted by Gasteiger charge is -2.19. The van der Waals surface area contributed by atoms with Gasteiger partial charge in [0, 0.05) is 10.7 Å². The van der Waals surface area contributed by atoms with Gasteiger partial charge in [-0.3, -0.25) is 0 Å². The topological polar surface area (TPSA) is 12.0 Å². The molecule has 0 aliphatic rings. The Balaban J connectivity index is 1.99. The van der Waals surface area contributed by atoms with Gasteiger partial charge in [-0.15, -0.1) is 11.3 Å². The Morgan fingerprint density at radius 3 is 2.43 bits per heavy atom. The summed E-state index contributed by atoms with van der Waals surface area (Å²) in [5.41, 5.74) is 5.65. The van der Waals surface area contributed by atoms with E-state index in [1.807, 2.05) is 11.3 Å². The minimum absolute atomic E-state index is 0.362. The summed E-state index contributed by atoms with van der Waals surface area (Å²) in [5.74, 6) is 0. The molecule has 1 nitrogen and oxygen atoms in total. The Morgan fingerprint density at radius 2 is 1.71 bits per heavy atom. The Morgan fingerprint density at radius 1 is 1.00 bits per heavy atom. The highest BCUT2D eigenvalue weighted by Crippen LogP contribution is 2.32. The highest BCUT2D eigenvalue weighted by atomic mass is 32.1. The molecule has 0 amide bonds. The highest BCUT2D eigenvalue weighted by Gasteiger charge is 2.16. The van der Waals surface area contributed by atoms with Crippen molar-refractivity contribution in [1.29, 1.82) is 0 Å². The molecule has 0 bridgehead atoms. The van der Waals surface area contributed by atoms with Gasteiger partial charge in [0.1, 0.15) is 0 Å². The maximum atomic E-state index is 3.51. The lowest BCUT2D eigenvalue weighted by atomic mass is 9.93. The van der Waals surface area contributed by atoms with Gasteiger partial charge >= 0.3 is 0 Å². The third kappa shape index (κ3) is 2.74. The molecule has 1 N–H and O–H groups in total. The Labute approximate surface area is 130 Å². The summed E-state index contributed by atoms with van der Waals surface area (Å²) in [6, 6.07) is 15.6. The minimum atomic E-state index is 0.362. The van der Waals surface area contributed by atoms with Crippen LogP contribution in [0.25, 0.3) is 10.1 Å². The van der Waals surface area contributed by atoms with E-state index in [1.165, 1.54) is 32.3 Å². The second kappa shape index (κ2) is 6.00. The molecule has 1 atom stereocenters. The SMILES string of the molecule is CNC(Cc1c(C)cccc1C)c1csc2ccccc12. The van der Waals surface area contributed by atoms with Crippen molar-refractivity contribution in [3.63, 3.8) is 0 Å². The monoisotopic (exact) mass is 295 g/mol. The molecule has 1 unspecified atom stereocenters. The van der Waals surface area contributed by atoms with E-state index in [-0.39, 0.29) is 0 Å². The maximum Gasteiger partial charge on any atom is 0.0373 e. The van der Waals surface area contributed by atoms with E-state index in [2.05, 4.69) is 74.1 Å². The summed E-state index contributed by atoms with van der Waals surface area (Å²) in [5, 5.41) is 7.19. The van der Waals surface area contributed by atoms with E-state index in [0.29, 0.717) is 6.04 Å². The van der Waals surface area contributed by atoms with E-state index >= 15 is 0 Å². The number of nitrogens with one attached hydrogen (secondary N) is 1. The summed E-state index contributed by atoms with van der Waals surface area (Å²) in [6.45, 7) is 4.42. The molecule has 3 rings (SSSR count). The van der Waals surface area contributed by atoms with Crippen molar-refractivity contribution in [3.8, 4) is 0 Å². The number of hydrogen-bond donors (Lipinski definition) is 1. The molecular weight excluding hydrogens is 274 g/mol. The van der Waals surface area contributed by atoms with Gasteiger partial charge in [0.15, 0.2) is 0 Å². The first-order chi connectivity index (χ1) is 10.2. The van der Waals surface area contributed by atoms with Crippen LogP contribution in [-0.2, 0) is 6.42 Å². The fourth-order valence-corrected chi connectivity index (χ4v) is 4.03. The van der Waals surface area contributed by atoms with Crippen molar-refractivity contribution >= 4 is 21.4 Å². The predicted octanol–water partition coefficient (Wildman–Crippen LogP) is 5.02. The number of rotatable bonds is 4. The summed E-state index contributed by atoms with van der Waals surface area (Å²) in [7, 11) is 2.06. The van der Waals surface area contributed by atoms with Gasteiger partial charge in [0.2, 0.25) is 0 Å². The molecular formula is C19H21NS. The standard InChI is InChI=1S/C19H21NS/c1-13-7-6-8-14(2)16(13)11-18(20-3)17-12-21-19-10-5-4-9-15(17)19/h4-10,12,18,20H,11H2,1-3H3. The molecule has 2 heteroatoms. The van der Waals surface area contributed by atoms with E-state index in [1.54, 1.807) is 0 Å². The number of aryl methyl sites for hydroxylation is 2. The van der Waals surface area contributed by atoms with Crippen LogP contribution in [0.1, 0.15) is 28.3 Å². The summed E-state index contributed by atoms with van der Waals surface area (Å²) in [4.78, 5) is 0. The van der Waals surface area contributed by atoms with Crippen LogP contribution in [0.15, 0.2) is 47.8 Å². The largest absolute Gasteiger partial charge is 0.313 e. The van der Waals surface area contributed by atoms with Crippen molar-refractivity contribution in [2.75, 3.05) is 7.05 Å². The molecule has 0 fully saturated rings. The quantitative estimate of drug-likeness (QED) is 0.712. The predicted molar refractivity (Wildman–Crippen MR) is 93.2 cm³/mol. The van der Waals surface area contributed by atoms with Crippen molar-refractivity contribution < 1.29 is 0 Å². The van der Waals surface area contributed by atoms with Crippen LogP contribution >= 0.6 is 11.3 Å². The number of thiophene rings is 1. The van der Waals surface area contributed by atoms with E-state index < -0.39 is 0 Å². The van der Waals surface area contributed by atoms with Crippen LogP contribution < -0.4 is 5.32 Å². The zero-order valence-corrected chi connectivity index (χ0v) is 13.6. The first-order valence-electron chi connectivity index (χ1n) is 7.39. The Kier molecular flexibility index (Phi) is 4.09. The normalized spacial score (nSPS) is 12.7. The highest BCUT2D eigenvalue weighted by molar-refractivity contribution is 7.17. The molecule has 1 heterocycles. The van der Waals surface area contributed by atoms with Crippen LogP contribution in [0.2, 0.25) is 0 Å². The fraction of sp³-hybridized carbons (Fsp3) is 0.263. The molecule has 0 saturated heterocycles. The number of hydrogen-bond acceptors (Lipinski definition) is 2. The summed E-state index contributed by atoms with van der Waals surface area (Å²) >= 11 is 1.84. The van der Waals surface area contributed by atoms with E-state index in [4.69, 9.17) is 0 Å². The van der Waals surface area contributed by atoms with Gasteiger partial charge in [0.05, 0.1) is 0 Å². The summed E-state index contributed by atoms with van der Waals surface area (Å²) in [6.07, 6.45) is 1.04. The molecule has 2 aromatic carbocycles. The third-order valence-electron chi connectivity index (χ3n) is 4.29. The first-order valence-corrected chi connectivity index (χ1v) is 8.27. The zero-order valence-electron chi connectivity index (χ0n) is 12.8. The molecule has 0 saturated carbocycles. The minimum Gasteiger partial charge on any atom is -0.313 e. The molecule has 0 aliphatic carbocycles. The van der Waals surface area contributed by atoms with Gasteiger partial charge in [0.25, 0.3) is 0 Å². The van der Waals surface area contributed by atoms with E-state index in [0.717, 1.165) is 6.42 Å². The molecule has 1 aromatic heterocycles. The van der Waals surface area contributed by atoms with Crippen LogP contribution in [0.5, 0.6) is 0 Å². The molecule has 0 radical (unpaired) electrons. The summed E-state index contributed by atoms with van der Waals surface area (Å²) < 4.78 is 1.37. The van der Waals surface area contributed by atoms with Gasteiger partial charge in [-0.2, -0.15) is 0 Å². The molecule has 0 spiro atoms. The Bertz CT molecular complexity index is 737. The van der Waals surface area contributed by atoms with Crippen LogP contribution in [0, 0.1) is 13.8 Å². The molecule has 3 aromatic rings. The van der Waals surface area contributed by atoms with Gasteiger partial charge in [-0.1, -0.05) is 36.4 Å². The molecule has 108 valence electrons. The van der Waals surface area contributed by atoms with Gasteiger partial charge in [-0.05, 0) is 66.4 Å². The average Bonchev–Trinajstić information content (AvgIpc) is 2.91. The zero-order chi connectivity index (χ0) is 14.8. The Hall–Kier alpha value is -1.64. The average molecular weight is 295 g/mol. The molecule has 0 aliphatic heterocycles. The number of likely N-dealkylation sites (N-methyl/N-ethyl adjacent to an activating group) is 1. The maximum absolute atomic E-state index is 3.51. The lowest BCUT2D eigenvalue weighted by Crippen LogP contribution is -2.19. The van der Waals surface area contributed by atoms with Crippen LogP contribution in [0.4, 0.5) is 0 Å². The van der Waals surface area contributed by atoms with Gasteiger partial charge in [-0.25, -0.2) is 0 Å². The fourth-order valence-electron chi connectivity index (χ4n) is 3.01. The van der Waals surface area contributed by atoms with Crippen molar-refractivity contribution in [1.82, 2.24) is 5.32 Å². The van der Waals surface area contributed by atoms with Crippen LogP contribution in [0.3, 0.4) is 0 Å².